The molecule has 0 spiro atoms. The van der Waals surface area contributed by atoms with Gasteiger partial charge in [0.1, 0.15) is 18.3 Å². The summed E-state index contributed by atoms with van der Waals surface area (Å²) in [6.07, 6.45) is 2.08. The van der Waals surface area contributed by atoms with Gasteiger partial charge < -0.3 is 15.2 Å². The van der Waals surface area contributed by atoms with Crippen LogP contribution in [0, 0.1) is 10.1 Å². The summed E-state index contributed by atoms with van der Waals surface area (Å²) in [4.78, 5) is 46.8. The van der Waals surface area contributed by atoms with E-state index in [-0.39, 0.29) is 30.2 Å². The number of nitro groups is 1. The third-order valence-electron chi connectivity index (χ3n) is 3.69. The van der Waals surface area contributed by atoms with Gasteiger partial charge in [-0.1, -0.05) is 6.08 Å². The Morgan fingerprint density at radius 3 is 2.85 bits per heavy atom. The van der Waals surface area contributed by atoms with Crippen LogP contribution in [0.2, 0.25) is 0 Å². The third-order valence-corrected chi connectivity index (χ3v) is 3.69. The monoisotopic (exact) mass is 363 g/mol. The molecular weight excluding hydrogens is 346 g/mol. The Morgan fingerprint density at radius 2 is 2.23 bits per heavy atom. The van der Waals surface area contributed by atoms with Gasteiger partial charge in [-0.3, -0.25) is 24.6 Å². The Morgan fingerprint density at radius 1 is 1.50 bits per heavy atom. The van der Waals surface area contributed by atoms with Gasteiger partial charge in [0.25, 0.3) is 11.6 Å². The van der Waals surface area contributed by atoms with E-state index in [1.54, 1.807) is 0 Å². The maximum absolute atomic E-state index is 12.2. The molecule has 0 saturated heterocycles. The minimum absolute atomic E-state index is 0.0866. The molecule has 2 rings (SSSR count). The summed E-state index contributed by atoms with van der Waals surface area (Å²) >= 11 is 0. The van der Waals surface area contributed by atoms with Crippen molar-refractivity contribution in [3.05, 3.63) is 41.0 Å². The van der Waals surface area contributed by atoms with Crippen LogP contribution in [0.1, 0.15) is 12.8 Å². The number of anilines is 1. The molecule has 0 bridgehead atoms. The van der Waals surface area contributed by atoms with Gasteiger partial charge in [-0.2, -0.15) is 0 Å². The summed E-state index contributed by atoms with van der Waals surface area (Å²) in [7, 11) is 0. The summed E-state index contributed by atoms with van der Waals surface area (Å²) in [5, 5.41) is 22.4. The molecule has 138 valence electrons. The smallest absolute Gasteiger partial charge is 0.326 e. The molecule has 1 aliphatic heterocycles. The minimum Gasteiger partial charge on any atom is -0.482 e. The Kier molecular flexibility index (Phi) is 5.89. The molecule has 0 saturated carbocycles. The highest BCUT2D eigenvalue weighted by atomic mass is 16.6. The number of hydrogen-bond donors (Lipinski definition) is 2. The van der Waals surface area contributed by atoms with Gasteiger partial charge >= 0.3 is 5.97 Å². The number of carbonyl (C=O) groups is 3. The number of carbonyl (C=O) groups excluding carboxylic acids is 2. The van der Waals surface area contributed by atoms with Gasteiger partial charge in [0.15, 0.2) is 6.61 Å². The van der Waals surface area contributed by atoms with E-state index in [0.717, 1.165) is 11.0 Å². The zero-order valence-electron chi connectivity index (χ0n) is 13.7. The summed E-state index contributed by atoms with van der Waals surface area (Å²) in [6, 6.07) is 2.57. The molecule has 0 fully saturated rings. The second-order valence-electron chi connectivity index (χ2n) is 5.50. The standard InChI is InChI=1S/C16H17N3O7/c1-2-3-4-11(16(22)23)17-14(20)8-18-12-7-10(19(24)25)5-6-13(12)26-9-15(18)21/h2,5-7,11H,1,3-4,8-9H2,(H,17,20)(H,22,23). The molecule has 1 aromatic carbocycles. The largest absolute Gasteiger partial charge is 0.482 e. The lowest BCUT2D eigenvalue weighted by molar-refractivity contribution is -0.384. The van der Waals surface area contributed by atoms with Crippen LogP contribution >= 0.6 is 0 Å². The van der Waals surface area contributed by atoms with E-state index in [0.29, 0.717) is 6.42 Å². The fourth-order valence-corrected chi connectivity index (χ4v) is 2.40. The number of hydrogen-bond acceptors (Lipinski definition) is 6. The lowest BCUT2D eigenvalue weighted by Gasteiger charge is -2.29. The fraction of sp³-hybridized carbons (Fsp3) is 0.312. The van der Waals surface area contributed by atoms with Crippen LogP contribution in [0.25, 0.3) is 0 Å². The fourth-order valence-electron chi connectivity index (χ4n) is 2.40. The molecule has 1 aliphatic rings. The van der Waals surface area contributed by atoms with Crippen molar-refractivity contribution in [1.82, 2.24) is 5.32 Å². The third kappa shape index (κ3) is 4.35. The molecule has 26 heavy (non-hydrogen) atoms. The number of nitrogens with one attached hydrogen (secondary N) is 1. The van der Waals surface area contributed by atoms with Gasteiger partial charge in [0.2, 0.25) is 5.91 Å². The first-order valence-corrected chi connectivity index (χ1v) is 7.68. The van der Waals surface area contributed by atoms with Crippen molar-refractivity contribution in [2.45, 2.75) is 18.9 Å². The van der Waals surface area contributed by atoms with Crippen molar-refractivity contribution in [3.63, 3.8) is 0 Å². The summed E-state index contributed by atoms with van der Waals surface area (Å²) < 4.78 is 5.20. The van der Waals surface area contributed by atoms with E-state index < -0.39 is 35.3 Å². The second kappa shape index (κ2) is 8.10. The van der Waals surface area contributed by atoms with E-state index in [9.17, 15) is 24.5 Å². The van der Waals surface area contributed by atoms with Crippen LogP contribution in [0.5, 0.6) is 5.75 Å². The van der Waals surface area contributed by atoms with Crippen LogP contribution in [0.3, 0.4) is 0 Å². The highest BCUT2D eigenvalue weighted by molar-refractivity contribution is 6.02. The van der Waals surface area contributed by atoms with Crippen molar-refractivity contribution < 1.29 is 29.2 Å². The molecular formula is C16H17N3O7. The molecule has 0 aliphatic carbocycles. The van der Waals surface area contributed by atoms with Gasteiger partial charge in [-0.15, -0.1) is 6.58 Å². The number of carboxylic acids is 1. The molecule has 10 nitrogen and oxygen atoms in total. The molecule has 0 radical (unpaired) electrons. The van der Waals surface area contributed by atoms with Gasteiger partial charge in [-0.05, 0) is 18.9 Å². The quantitative estimate of drug-likeness (QED) is 0.396. The predicted molar refractivity (Wildman–Crippen MR) is 89.9 cm³/mol. The zero-order chi connectivity index (χ0) is 19.3. The lowest BCUT2D eigenvalue weighted by atomic mass is 10.1. The average molecular weight is 363 g/mol. The number of fused-ring (bicyclic) bond motifs is 1. The number of carboxylic acid groups (broad SMARTS) is 1. The Balaban J connectivity index is 2.18. The maximum Gasteiger partial charge on any atom is 0.326 e. The number of ether oxygens (including phenoxy) is 1. The molecule has 1 heterocycles. The highest BCUT2D eigenvalue weighted by Crippen LogP contribution is 2.35. The van der Waals surface area contributed by atoms with E-state index in [4.69, 9.17) is 9.84 Å². The van der Waals surface area contributed by atoms with E-state index >= 15 is 0 Å². The lowest BCUT2D eigenvalue weighted by Crippen LogP contribution is -2.49. The second-order valence-corrected chi connectivity index (χ2v) is 5.50. The Labute approximate surface area is 148 Å². The van der Waals surface area contributed by atoms with Crippen LogP contribution in [-0.2, 0) is 14.4 Å². The van der Waals surface area contributed by atoms with Gasteiger partial charge in [0.05, 0.1) is 10.6 Å². The topological polar surface area (TPSA) is 139 Å². The number of amides is 2. The predicted octanol–water partition coefficient (Wildman–Crippen LogP) is 0.856. The first kappa shape index (κ1) is 18.9. The summed E-state index contributed by atoms with van der Waals surface area (Å²) in [6.45, 7) is 2.69. The molecule has 2 amide bonds. The number of allylic oxidation sites excluding steroid dienone is 1. The normalized spacial score (nSPS) is 14.0. The highest BCUT2D eigenvalue weighted by Gasteiger charge is 2.30. The molecule has 0 aromatic heterocycles. The number of nitrogens with zero attached hydrogens (tertiary/aromatic N) is 2. The van der Waals surface area contributed by atoms with Crippen LogP contribution in [0.4, 0.5) is 11.4 Å². The molecule has 10 heteroatoms. The Bertz CT molecular complexity index is 762. The number of rotatable bonds is 8. The maximum atomic E-state index is 12.2. The number of aliphatic carboxylic acids is 1. The van der Waals surface area contributed by atoms with Gasteiger partial charge in [0, 0.05) is 12.1 Å². The van der Waals surface area contributed by atoms with Crippen LogP contribution in [0.15, 0.2) is 30.9 Å². The van der Waals surface area contributed by atoms with E-state index in [1.807, 2.05) is 0 Å². The number of nitro benzene ring substituents is 1. The van der Waals surface area contributed by atoms with Gasteiger partial charge in [-0.25, -0.2) is 4.79 Å². The average Bonchev–Trinajstić information content (AvgIpc) is 2.60. The molecule has 1 unspecified atom stereocenters. The van der Waals surface area contributed by atoms with Crippen molar-refractivity contribution in [2.75, 3.05) is 18.1 Å². The van der Waals surface area contributed by atoms with Crippen molar-refractivity contribution in [3.8, 4) is 5.75 Å². The number of benzene rings is 1. The minimum atomic E-state index is -1.20. The molecule has 2 N–H and O–H groups in total. The van der Waals surface area contributed by atoms with Crippen molar-refractivity contribution in [2.24, 2.45) is 0 Å². The first-order valence-electron chi connectivity index (χ1n) is 7.68. The van der Waals surface area contributed by atoms with Crippen molar-refractivity contribution >= 4 is 29.2 Å². The molecule has 1 atom stereocenters. The summed E-state index contributed by atoms with van der Waals surface area (Å²) in [5.74, 6) is -2.24. The first-order chi connectivity index (χ1) is 12.3. The Hall–Kier alpha value is -3.43. The zero-order valence-corrected chi connectivity index (χ0v) is 13.7. The summed E-state index contributed by atoms with van der Waals surface area (Å²) in [5.41, 5.74) is -0.176. The van der Waals surface area contributed by atoms with E-state index in [2.05, 4.69) is 11.9 Å². The van der Waals surface area contributed by atoms with E-state index in [1.165, 1.54) is 18.2 Å². The SMILES string of the molecule is C=CCCC(NC(=O)CN1C(=O)COc2ccc([N+](=O)[O-])cc21)C(=O)O. The van der Waals surface area contributed by atoms with Crippen LogP contribution < -0.4 is 15.0 Å². The number of non-ortho nitro benzene ring substituents is 1. The van der Waals surface area contributed by atoms with Crippen molar-refractivity contribution in [1.29, 1.82) is 0 Å². The van der Waals surface area contributed by atoms with Crippen LogP contribution in [-0.4, -0.2) is 47.0 Å². The molecule has 1 aromatic rings.